The highest BCUT2D eigenvalue weighted by Crippen LogP contribution is 2.32. The number of nitrogens with zero attached hydrogens (tertiary/aromatic N) is 2. The lowest BCUT2D eigenvalue weighted by Gasteiger charge is -2.25. The Kier molecular flexibility index (Phi) is 5.18. The van der Waals surface area contributed by atoms with Crippen LogP contribution in [0.4, 0.5) is 4.39 Å². The standard InChI is InChI=1S/C23H26FN3O/c1-15-6-4-8-22(16(15)2)27-23-9-5-7-21(19(23)14-26-27)25-13-17-12-18(28-3)10-11-20(17)24/h4,6,8,10-12,14,21,25H,5,7,9,13H2,1-3H3. The van der Waals surface area contributed by atoms with Crippen molar-refractivity contribution in [3.63, 3.8) is 0 Å². The van der Waals surface area contributed by atoms with E-state index in [1.807, 2.05) is 6.20 Å². The maximum Gasteiger partial charge on any atom is 0.127 e. The Morgan fingerprint density at radius 2 is 2.11 bits per heavy atom. The van der Waals surface area contributed by atoms with Crippen LogP contribution in [0.2, 0.25) is 0 Å². The Morgan fingerprint density at radius 1 is 1.25 bits per heavy atom. The molecular formula is C23H26FN3O. The van der Waals surface area contributed by atoms with Crippen LogP contribution < -0.4 is 10.1 Å². The van der Waals surface area contributed by atoms with Gasteiger partial charge in [0.1, 0.15) is 11.6 Å². The largest absolute Gasteiger partial charge is 0.497 e. The quantitative estimate of drug-likeness (QED) is 0.692. The Bertz CT molecular complexity index is 996. The summed E-state index contributed by atoms with van der Waals surface area (Å²) in [6.07, 6.45) is 5.09. The fourth-order valence-corrected chi connectivity index (χ4v) is 3.99. The highest BCUT2D eigenvalue weighted by molar-refractivity contribution is 5.46. The van der Waals surface area contributed by atoms with E-state index >= 15 is 0 Å². The number of nitrogens with one attached hydrogen (secondary N) is 1. The molecule has 3 aromatic rings. The average molecular weight is 379 g/mol. The van der Waals surface area contributed by atoms with Gasteiger partial charge in [-0.05, 0) is 68.5 Å². The number of fused-ring (bicyclic) bond motifs is 1. The molecule has 28 heavy (non-hydrogen) atoms. The molecule has 1 aliphatic rings. The van der Waals surface area contributed by atoms with Crippen molar-refractivity contribution in [2.45, 2.75) is 45.7 Å². The molecule has 0 saturated heterocycles. The summed E-state index contributed by atoms with van der Waals surface area (Å²) >= 11 is 0. The summed E-state index contributed by atoms with van der Waals surface area (Å²) in [6.45, 7) is 4.73. The minimum atomic E-state index is -0.213. The lowest BCUT2D eigenvalue weighted by Crippen LogP contribution is -2.25. The van der Waals surface area contributed by atoms with Crippen molar-refractivity contribution >= 4 is 0 Å². The fourth-order valence-electron chi connectivity index (χ4n) is 3.99. The first-order valence-corrected chi connectivity index (χ1v) is 9.77. The molecule has 0 saturated carbocycles. The van der Waals surface area contributed by atoms with Gasteiger partial charge in [-0.3, -0.25) is 0 Å². The van der Waals surface area contributed by atoms with E-state index in [-0.39, 0.29) is 11.9 Å². The topological polar surface area (TPSA) is 39.1 Å². The van der Waals surface area contributed by atoms with Gasteiger partial charge in [0.05, 0.1) is 19.0 Å². The molecule has 1 unspecified atom stereocenters. The summed E-state index contributed by atoms with van der Waals surface area (Å²) in [5.41, 5.74) is 6.75. The van der Waals surface area contributed by atoms with E-state index in [1.54, 1.807) is 19.2 Å². The normalized spacial score (nSPS) is 16.1. The number of ether oxygens (including phenoxy) is 1. The molecule has 1 N–H and O–H groups in total. The third-order valence-electron chi connectivity index (χ3n) is 5.78. The van der Waals surface area contributed by atoms with Crippen molar-refractivity contribution < 1.29 is 9.13 Å². The first kappa shape index (κ1) is 18.7. The Morgan fingerprint density at radius 3 is 2.93 bits per heavy atom. The molecule has 1 aromatic heterocycles. The van der Waals surface area contributed by atoms with Crippen LogP contribution in [0, 0.1) is 19.7 Å². The molecule has 1 aliphatic carbocycles. The van der Waals surface area contributed by atoms with Crippen LogP contribution in [0.15, 0.2) is 42.6 Å². The number of aryl methyl sites for hydroxylation is 1. The Hall–Kier alpha value is -2.66. The molecular weight excluding hydrogens is 353 g/mol. The predicted octanol–water partition coefficient (Wildman–Crippen LogP) is 4.80. The summed E-state index contributed by atoms with van der Waals surface area (Å²) in [6, 6.07) is 11.4. The van der Waals surface area contributed by atoms with Gasteiger partial charge in [-0.1, -0.05) is 12.1 Å². The maximum absolute atomic E-state index is 14.2. The summed E-state index contributed by atoms with van der Waals surface area (Å²) in [5.74, 6) is 0.459. The van der Waals surface area contributed by atoms with Gasteiger partial charge >= 0.3 is 0 Å². The van der Waals surface area contributed by atoms with Crippen LogP contribution in [-0.2, 0) is 13.0 Å². The van der Waals surface area contributed by atoms with Crippen LogP contribution in [0.5, 0.6) is 5.75 Å². The minimum absolute atomic E-state index is 0.174. The number of aromatic nitrogens is 2. The Balaban J connectivity index is 1.59. The van der Waals surface area contributed by atoms with Crippen LogP contribution in [0.25, 0.3) is 5.69 Å². The van der Waals surface area contributed by atoms with Crippen molar-refractivity contribution in [2.24, 2.45) is 0 Å². The number of methoxy groups -OCH3 is 1. The van der Waals surface area contributed by atoms with E-state index in [1.165, 1.54) is 28.5 Å². The third kappa shape index (κ3) is 3.42. The van der Waals surface area contributed by atoms with Crippen molar-refractivity contribution in [2.75, 3.05) is 7.11 Å². The van der Waals surface area contributed by atoms with E-state index in [0.29, 0.717) is 17.9 Å². The van der Waals surface area contributed by atoms with Gasteiger partial charge < -0.3 is 10.1 Å². The zero-order valence-electron chi connectivity index (χ0n) is 16.6. The van der Waals surface area contributed by atoms with Crippen molar-refractivity contribution in [1.82, 2.24) is 15.1 Å². The summed E-state index contributed by atoms with van der Waals surface area (Å²) in [4.78, 5) is 0. The molecule has 0 amide bonds. The molecule has 146 valence electrons. The second-order valence-corrected chi connectivity index (χ2v) is 7.46. The van der Waals surface area contributed by atoms with E-state index in [2.05, 4.69) is 42.0 Å². The highest BCUT2D eigenvalue weighted by atomic mass is 19.1. The smallest absolute Gasteiger partial charge is 0.127 e. The number of halogens is 1. The van der Waals surface area contributed by atoms with Crippen LogP contribution in [-0.4, -0.2) is 16.9 Å². The van der Waals surface area contributed by atoms with Gasteiger partial charge in [0, 0.05) is 29.4 Å². The molecule has 4 nitrogen and oxygen atoms in total. The molecule has 1 heterocycles. The maximum atomic E-state index is 14.2. The molecule has 5 heteroatoms. The van der Waals surface area contributed by atoms with Crippen LogP contribution >= 0.6 is 0 Å². The minimum Gasteiger partial charge on any atom is -0.497 e. The fraction of sp³-hybridized carbons (Fsp3) is 0.348. The summed E-state index contributed by atoms with van der Waals surface area (Å²) in [5, 5.41) is 8.23. The van der Waals surface area contributed by atoms with Gasteiger partial charge in [-0.25, -0.2) is 9.07 Å². The van der Waals surface area contributed by atoms with Gasteiger partial charge in [0.15, 0.2) is 0 Å². The second-order valence-electron chi connectivity index (χ2n) is 7.46. The zero-order valence-corrected chi connectivity index (χ0v) is 16.6. The zero-order chi connectivity index (χ0) is 19.7. The van der Waals surface area contributed by atoms with Crippen molar-refractivity contribution in [3.8, 4) is 11.4 Å². The first-order valence-electron chi connectivity index (χ1n) is 9.77. The highest BCUT2D eigenvalue weighted by Gasteiger charge is 2.25. The molecule has 0 fully saturated rings. The molecule has 0 radical (unpaired) electrons. The average Bonchev–Trinajstić information content (AvgIpc) is 3.14. The van der Waals surface area contributed by atoms with Gasteiger partial charge in [-0.2, -0.15) is 5.10 Å². The number of hydrogen-bond donors (Lipinski definition) is 1. The lowest BCUT2D eigenvalue weighted by molar-refractivity contribution is 0.410. The third-order valence-corrected chi connectivity index (χ3v) is 5.78. The molecule has 1 atom stereocenters. The number of benzene rings is 2. The van der Waals surface area contributed by atoms with E-state index < -0.39 is 0 Å². The molecule has 0 aliphatic heterocycles. The predicted molar refractivity (Wildman–Crippen MR) is 109 cm³/mol. The SMILES string of the molecule is COc1ccc(F)c(CNC2CCCc3c2cnn3-c2cccc(C)c2C)c1. The van der Waals surface area contributed by atoms with Crippen molar-refractivity contribution in [1.29, 1.82) is 0 Å². The van der Waals surface area contributed by atoms with Gasteiger partial charge in [0.25, 0.3) is 0 Å². The number of rotatable bonds is 5. The molecule has 0 spiro atoms. The Labute approximate surface area is 165 Å². The summed E-state index contributed by atoms with van der Waals surface area (Å²) in [7, 11) is 1.60. The molecule has 2 aromatic carbocycles. The van der Waals surface area contributed by atoms with Crippen LogP contribution in [0.3, 0.4) is 0 Å². The van der Waals surface area contributed by atoms with E-state index in [4.69, 9.17) is 9.84 Å². The van der Waals surface area contributed by atoms with E-state index in [0.717, 1.165) is 24.9 Å². The van der Waals surface area contributed by atoms with E-state index in [9.17, 15) is 4.39 Å². The monoisotopic (exact) mass is 379 g/mol. The number of hydrogen-bond acceptors (Lipinski definition) is 3. The first-order chi connectivity index (χ1) is 13.6. The van der Waals surface area contributed by atoms with Crippen molar-refractivity contribution in [3.05, 3.63) is 76.4 Å². The van der Waals surface area contributed by atoms with Crippen LogP contribution in [0.1, 0.15) is 46.8 Å². The summed E-state index contributed by atoms with van der Waals surface area (Å²) < 4.78 is 21.5. The van der Waals surface area contributed by atoms with Gasteiger partial charge in [-0.15, -0.1) is 0 Å². The molecule has 0 bridgehead atoms. The molecule has 4 rings (SSSR count). The lowest BCUT2D eigenvalue weighted by atomic mass is 9.92. The second kappa shape index (κ2) is 7.76. The van der Waals surface area contributed by atoms with Gasteiger partial charge in [0.2, 0.25) is 0 Å².